The Labute approximate surface area is 122 Å². The van der Waals surface area contributed by atoms with Gasteiger partial charge in [0.05, 0.1) is 6.61 Å². The van der Waals surface area contributed by atoms with Crippen molar-refractivity contribution >= 4 is 5.57 Å². The predicted molar refractivity (Wildman–Crippen MR) is 86.1 cm³/mol. The van der Waals surface area contributed by atoms with E-state index in [1.807, 2.05) is 0 Å². The van der Waals surface area contributed by atoms with Crippen LogP contribution in [-0.4, -0.2) is 6.61 Å². The maximum Gasteiger partial charge on any atom is 0.123 e. The van der Waals surface area contributed by atoms with Crippen molar-refractivity contribution in [3.8, 4) is 5.75 Å². The summed E-state index contributed by atoms with van der Waals surface area (Å²) in [5, 5.41) is 0. The fraction of sp³-hybridized carbons (Fsp3) is 0.421. The molecule has 0 aliphatic heterocycles. The summed E-state index contributed by atoms with van der Waals surface area (Å²) in [7, 11) is 0. The van der Waals surface area contributed by atoms with Gasteiger partial charge in [-0.15, -0.1) is 5.73 Å². The summed E-state index contributed by atoms with van der Waals surface area (Å²) in [4.78, 5) is 0. The second-order valence-electron chi connectivity index (χ2n) is 5.27. The van der Waals surface area contributed by atoms with Crippen LogP contribution in [0.15, 0.2) is 41.7 Å². The molecule has 106 valence electrons. The zero-order valence-corrected chi connectivity index (χ0v) is 12.8. The van der Waals surface area contributed by atoms with E-state index < -0.39 is 0 Å². The lowest BCUT2D eigenvalue weighted by atomic mass is 9.95. The lowest BCUT2D eigenvalue weighted by molar-refractivity contribution is 0.314. The van der Waals surface area contributed by atoms with E-state index in [1.54, 1.807) is 0 Å². The average molecular weight is 268 g/mol. The van der Waals surface area contributed by atoms with Crippen LogP contribution in [0.5, 0.6) is 5.75 Å². The van der Waals surface area contributed by atoms with E-state index in [-0.39, 0.29) is 0 Å². The average Bonchev–Trinajstić information content (AvgIpc) is 2.69. The fourth-order valence-corrected chi connectivity index (χ4v) is 2.50. The summed E-state index contributed by atoms with van der Waals surface area (Å²) in [6.07, 6.45) is 8.23. The third-order valence-electron chi connectivity index (χ3n) is 3.72. The summed E-state index contributed by atoms with van der Waals surface area (Å²) >= 11 is 0. The molecule has 1 aliphatic carbocycles. The summed E-state index contributed by atoms with van der Waals surface area (Å²) in [5.41, 5.74) is 8.65. The Kier molecular flexibility index (Phi) is 5.26. The minimum absolute atomic E-state index is 0.788. The molecule has 0 radical (unpaired) electrons. The Hall–Kier alpha value is -1.72. The molecule has 0 spiro atoms. The summed E-state index contributed by atoms with van der Waals surface area (Å²) in [6.45, 7) is 7.32. The Bertz CT molecular complexity index is 557. The van der Waals surface area contributed by atoms with Crippen LogP contribution in [0.4, 0.5) is 0 Å². The Morgan fingerprint density at radius 2 is 1.95 bits per heavy atom. The van der Waals surface area contributed by atoms with Gasteiger partial charge in [-0.3, -0.25) is 0 Å². The van der Waals surface area contributed by atoms with Crippen molar-refractivity contribution < 1.29 is 4.74 Å². The smallest absolute Gasteiger partial charge is 0.123 e. The molecule has 0 heterocycles. The van der Waals surface area contributed by atoms with Crippen LogP contribution in [-0.2, 0) is 6.42 Å². The van der Waals surface area contributed by atoms with E-state index in [4.69, 9.17) is 4.74 Å². The molecule has 1 aliphatic rings. The first-order chi connectivity index (χ1) is 9.76. The van der Waals surface area contributed by atoms with Crippen LogP contribution in [0, 0.1) is 0 Å². The highest BCUT2D eigenvalue weighted by Crippen LogP contribution is 2.31. The van der Waals surface area contributed by atoms with E-state index in [2.05, 4.69) is 56.9 Å². The van der Waals surface area contributed by atoms with Crippen molar-refractivity contribution in [1.29, 1.82) is 0 Å². The molecule has 0 atom stereocenters. The SMILES string of the molecule is CCCOc1cc(C2=C(C)CC=C=CC2)ccc1CC. The third-order valence-corrected chi connectivity index (χ3v) is 3.72. The first-order valence-corrected chi connectivity index (χ1v) is 7.60. The van der Waals surface area contributed by atoms with Gasteiger partial charge in [-0.1, -0.05) is 31.6 Å². The molecule has 2 rings (SSSR count). The molecule has 20 heavy (non-hydrogen) atoms. The van der Waals surface area contributed by atoms with Gasteiger partial charge in [0, 0.05) is 0 Å². The highest BCUT2D eigenvalue weighted by molar-refractivity contribution is 5.71. The van der Waals surface area contributed by atoms with E-state index in [0.29, 0.717) is 0 Å². The van der Waals surface area contributed by atoms with Gasteiger partial charge in [0.15, 0.2) is 0 Å². The van der Waals surface area contributed by atoms with Crippen LogP contribution >= 0.6 is 0 Å². The zero-order valence-electron chi connectivity index (χ0n) is 12.8. The zero-order chi connectivity index (χ0) is 14.4. The molecule has 0 aromatic heterocycles. The Morgan fingerprint density at radius 1 is 1.15 bits per heavy atom. The number of rotatable bonds is 5. The van der Waals surface area contributed by atoms with Gasteiger partial charge in [-0.2, -0.15) is 0 Å². The quantitative estimate of drug-likeness (QED) is 0.657. The number of allylic oxidation sites excluding steroid dienone is 3. The predicted octanol–water partition coefficient (Wildman–Crippen LogP) is 5.32. The largest absolute Gasteiger partial charge is 0.493 e. The molecule has 0 amide bonds. The molecule has 0 fully saturated rings. The standard InChI is InChI=1S/C19H24O/c1-4-13-20-19-14-17(12-11-16(19)5-2)18-10-8-6-7-9-15(18)3/h7-8,11-12,14H,4-5,9-10,13H2,1-3H3. The normalized spacial score (nSPS) is 14.6. The lowest BCUT2D eigenvalue weighted by Gasteiger charge is -2.14. The maximum atomic E-state index is 5.92. The highest BCUT2D eigenvalue weighted by Gasteiger charge is 2.10. The molecular weight excluding hydrogens is 244 g/mol. The van der Waals surface area contributed by atoms with Crippen molar-refractivity contribution in [3.63, 3.8) is 0 Å². The van der Waals surface area contributed by atoms with Crippen LogP contribution in [0.1, 0.15) is 51.2 Å². The number of benzene rings is 1. The molecule has 1 heteroatoms. The number of hydrogen-bond acceptors (Lipinski definition) is 1. The fourth-order valence-electron chi connectivity index (χ4n) is 2.50. The highest BCUT2D eigenvalue weighted by atomic mass is 16.5. The minimum atomic E-state index is 0.788. The van der Waals surface area contributed by atoms with Gasteiger partial charge < -0.3 is 4.74 Å². The molecule has 1 aromatic carbocycles. The lowest BCUT2D eigenvalue weighted by Crippen LogP contribution is -2.00. The van der Waals surface area contributed by atoms with Crippen molar-refractivity contribution in [2.24, 2.45) is 0 Å². The second kappa shape index (κ2) is 7.17. The van der Waals surface area contributed by atoms with Crippen molar-refractivity contribution in [2.75, 3.05) is 6.61 Å². The first-order valence-electron chi connectivity index (χ1n) is 7.60. The van der Waals surface area contributed by atoms with E-state index in [1.165, 1.54) is 22.3 Å². The number of ether oxygens (including phenoxy) is 1. The van der Waals surface area contributed by atoms with Gasteiger partial charge in [-0.05, 0) is 67.5 Å². The van der Waals surface area contributed by atoms with Crippen molar-refractivity contribution in [3.05, 3.63) is 52.8 Å². The van der Waals surface area contributed by atoms with Crippen LogP contribution < -0.4 is 4.74 Å². The van der Waals surface area contributed by atoms with Gasteiger partial charge in [0.2, 0.25) is 0 Å². The first kappa shape index (κ1) is 14.7. The molecule has 0 unspecified atom stereocenters. The van der Waals surface area contributed by atoms with Gasteiger partial charge in [0.25, 0.3) is 0 Å². The molecule has 0 saturated carbocycles. The maximum absolute atomic E-state index is 5.92. The Morgan fingerprint density at radius 3 is 2.70 bits per heavy atom. The van der Waals surface area contributed by atoms with E-state index >= 15 is 0 Å². The van der Waals surface area contributed by atoms with Crippen molar-refractivity contribution in [2.45, 2.75) is 46.5 Å². The van der Waals surface area contributed by atoms with Crippen LogP contribution in [0.25, 0.3) is 5.57 Å². The monoisotopic (exact) mass is 268 g/mol. The molecule has 0 bridgehead atoms. The molecule has 0 N–H and O–H groups in total. The topological polar surface area (TPSA) is 9.23 Å². The Balaban J connectivity index is 2.35. The van der Waals surface area contributed by atoms with Gasteiger partial charge >= 0.3 is 0 Å². The molecular formula is C19H24O. The molecule has 1 nitrogen and oxygen atoms in total. The number of aryl methyl sites for hydroxylation is 1. The van der Waals surface area contributed by atoms with Gasteiger partial charge in [-0.25, -0.2) is 0 Å². The van der Waals surface area contributed by atoms with Crippen molar-refractivity contribution in [1.82, 2.24) is 0 Å². The minimum Gasteiger partial charge on any atom is -0.493 e. The second-order valence-corrected chi connectivity index (χ2v) is 5.27. The molecule has 0 saturated heterocycles. The van der Waals surface area contributed by atoms with Gasteiger partial charge in [0.1, 0.15) is 5.75 Å². The van der Waals surface area contributed by atoms with E-state index in [0.717, 1.165) is 38.0 Å². The summed E-state index contributed by atoms with van der Waals surface area (Å²) in [5.74, 6) is 1.05. The third kappa shape index (κ3) is 3.43. The van der Waals surface area contributed by atoms with Crippen LogP contribution in [0.2, 0.25) is 0 Å². The summed E-state index contributed by atoms with van der Waals surface area (Å²) < 4.78 is 5.92. The van der Waals surface area contributed by atoms with Crippen LogP contribution in [0.3, 0.4) is 0 Å². The van der Waals surface area contributed by atoms with E-state index in [9.17, 15) is 0 Å². The number of hydrogen-bond donors (Lipinski definition) is 0. The summed E-state index contributed by atoms with van der Waals surface area (Å²) in [6, 6.07) is 6.66. The molecule has 1 aromatic rings.